The number of nitrogen functional groups attached to an aromatic ring is 1. The molecule has 0 saturated heterocycles. The summed E-state index contributed by atoms with van der Waals surface area (Å²) in [6.45, 7) is 0. The molecule has 3 aromatic rings. The highest BCUT2D eigenvalue weighted by molar-refractivity contribution is 6.35. The molecule has 0 aliphatic carbocycles. The number of hydrogen-bond acceptors (Lipinski definition) is 2. The minimum atomic E-state index is 0. The van der Waals surface area contributed by atoms with E-state index in [1.807, 2.05) is 49.3 Å². The molecule has 0 unspecified atom stereocenters. The summed E-state index contributed by atoms with van der Waals surface area (Å²) >= 11 is 12.3. The Morgan fingerprint density at radius 2 is 1.52 bits per heavy atom. The van der Waals surface area contributed by atoms with Gasteiger partial charge in [-0.3, -0.25) is 0 Å². The summed E-state index contributed by atoms with van der Waals surface area (Å²) in [6, 6.07) is 15.7. The molecule has 3 rings (SSSR count). The molecule has 0 atom stereocenters. The second kappa shape index (κ2) is 6.88. The molecule has 5 heteroatoms. The maximum Gasteiger partial charge on any atom is 0.0674 e. The van der Waals surface area contributed by atoms with Gasteiger partial charge in [0.25, 0.3) is 0 Å². The first-order valence-corrected chi connectivity index (χ1v) is 7.68. The van der Waals surface area contributed by atoms with E-state index in [-0.39, 0.29) is 12.4 Å². The summed E-state index contributed by atoms with van der Waals surface area (Å²) in [6.07, 6.45) is 0. The maximum absolute atomic E-state index is 6.15. The molecule has 0 spiro atoms. The zero-order valence-corrected chi connectivity index (χ0v) is 15.1. The van der Waals surface area contributed by atoms with E-state index in [4.69, 9.17) is 28.9 Å². The van der Waals surface area contributed by atoms with Crippen LogP contribution >= 0.6 is 35.6 Å². The van der Waals surface area contributed by atoms with Crippen molar-refractivity contribution < 1.29 is 0 Å². The number of halogens is 3. The molecule has 0 aliphatic rings. The molecule has 0 radical (unpaired) electrons. The van der Waals surface area contributed by atoms with Gasteiger partial charge >= 0.3 is 0 Å². The Balaban J connectivity index is 0.00000192. The summed E-state index contributed by atoms with van der Waals surface area (Å²) in [4.78, 5) is 2.03. The van der Waals surface area contributed by atoms with Crippen LogP contribution in [0.3, 0.4) is 0 Å². The zero-order valence-electron chi connectivity index (χ0n) is 12.8. The molecule has 2 N–H and O–H groups in total. The summed E-state index contributed by atoms with van der Waals surface area (Å²) in [5.74, 6) is 0. The quantitative estimate of drug-likeness (QED) is 0.573. The van der Waals surface area contributed by atoms with Crippen LogP contribution < -0.4 is 10.6 Å². The second-order valence-electron chi connectivity index (χ2n) is 5.46. The number of benzene rings is 3. The van der Waals surface area contributed by atoms with Gasteiger partial charge in [0.2, 0.25) is 0 Å². The molecule has 0 amide bonds. The van der Waals surface area contributed by atoms with E-state index in [9.17, 15) is 0 Å². The largest absolute Gasteiger partial charge is 0.397 e. The number of hydrogen-bond donors (Lipinski definition) is 1. The summed E-state index contributed by atoms with van der Waals surface area (Å²) in [7, 11) is 3.99. The fourth-order valence-corrected chi connectivity index (χ4v) is 3.35. The Kier molecular flexibility index (Phi) is 5.30. The fraction of sp³-hybridized carbons (Fsp3) is 0.111. The van der Waals surface area contributed by atoms with Crippen LogP contribution in [0.15, 0.2) is 48.5 Å². The van der Waals surface area contributed by atoms with Crippen molar-refractivity contribution in [3.05, 3.63) is 58.6 Å². The average Bonchev–Trinajstić information content (AvgIpc) is 2.44. The maximum atomic E-state index is 6.15. The first kappa shape index (κ1) is 17.7. The van der Waals surface area contributed by atoms with Gasteiger partial charge in [0.1, 0.15) is 0 Å². The topological polar surface area (TPSA) is 29.3 Å². The van der Waals surface area contributed by atoms with Crippen molar-refractivity contribution in [2.24, 2.45) is 0 Å². The third-order valence-electron chi connectivity index (χ3n) is 3.69. The van der Waals surface area contributed by atoms with Gasteiger partial charge in [-0.1, -0.05) is 47.5 Å². The number of fused-ring (bicyclic) bond motifs is 1. The van der Waals surface area contributed by atoms with E-state index in [1.54, 1.807) is 6.07 Å². The normalized spacial score (nSPS) is 10.4. The Morgan fingerprint density at radius 1 is 0.870 bits per heavy atom. The van der Waals surface area contributed by atoms with Gasteiger partial charge < -0.3 is 10.6 Å². The molecule has 3 aromatic carbocycles. The van der Waals surface area contributed by atoms with Gasteiger partial charge in [-0.05, 0) is 40.8 Å². The van der Waals surface area contributed by atoms with Crippen LogP contribution in [0.5, 0.6) is 0 Å². The Labute approximate surface area is 152 Å². The number of nitrogens with two attached hydrogens (primary N) is 1. The molecule has 0 bridgehead atoms. The molecule has 0 fully saturated rings. The van der Waals surface area contributed by atoms with Gasteiger partial charge in [-0.2, -0.15) is 0 Å². The smallest absolute Gasteiger partial charge is 0.0674 e. The number of nitrogens with zero attached hydrogens (tertiary/aromatic N) is 1. The van der Waals surface area contributed by atoms with Gasteiger partial charge in [0.05, 0.1) is 11.4 Å². The van der Waals surface area contributed by atoms with Crippen LogP contribution in [0.4, 0.5) is 11.4 Å². The SMILES string of the molecule is CN(C)c1c(N)ccc2c(-c3cc(Cl)cc(Cl)c3)cccc12.Cl. The van der Waals surface area contributed by atoms with E-state index in [1.165, 1.54) is 0 Å². The van der Waals surface area contributed by atoms with Crippen LogP contribution in [-0.4, -0.2) is 14.1 Å². The van der Waals surface area contributed by atoms with Crippen LogP contribution in [0.25, 0.3) is 21.9 Å². The van der Waals surface area contributed by atoms with Crippen molar-refractivity contribution in [1.29, 1.82) is 0 Å². The predicted molar refractivity (Wildman–Crippen MR) is 105 cm³/mol. The van der Waals surface area contributed by atoms with Crippen LogP contribution in [0.1, 0.15) is 0 Å². The first-order valence-electron chi connectivity index (χ1n) is 6.92. The van der Waals surface area contributed by atoms with Crippen LogP contribution in [0, 0.1) is 0 Å². The van der Waals surface area contributed by atoms with Crippen molar-refractivity contribution >= 4 is 57.8 Å². The predicted octanol–water partition coefficient (Wildman–Crippen LogP) is 5.88. The van der Waals surface area contributed by atoms with E-state index >= 15 is 0 Å². The third kappa shape index (κ3) is 3.35. The lowest BCUT2D eigenvalue weighted by Gasteiger charge is -2.19. The van der Waals surface area contributed by atoms with Crippen molar-refractivity contribution in [2.75, 3.05) is 24.7 Å². The molecular formula is C18H17Cl3N2. The Morgan fingerprint density at radius 3 is 2.13 bits per heavy atom. The van der Waals surface area contributed by atoms with Crippen LogP contribution in [-0.2, 0) is 0 Å². The minimum Gasteiger partial charge on any atom is -0.397 e. The van der Waals surface area contributed by atoms with E-state index in [0.29, 0.717) is 10.0 Å². The summed E-state index contributed by atoms with van der Waals surface area (Å²) in [5, 5.41) is 3.49. The highest BCUT2D eigenvalue weighted by Crippen LogP contribution is 2.38. The molecule has 0 aromatic heterocycles. The fourth-order valence-electron chi connectivity index (χ4n) is 2.82. The van der Waals surface area contributed by atoms with E-state index < -0.39 is 0 Å². The highest BCUT2D eigenvalue weighted by Gasteiger charge is 2.11. The van der Waals surface area contributed by atoms with Gasteiger partial charge in [-0.25, -0.2) is 0 Å². The lowest BCUT2D eigenvalue weighted by atomic mass is 9.96. The second-order valence-corrected chi connectivity index (χ2v) is 6.33. The van der Waals surface area contributed by atoms with E-state index in [0.717, 1.165) is 33.3 Å². The molecule has 2 nitrogen and oxygen atoms in total. The first-order chi connectivity index (χ1) is 10.5. The van der Waals surface area contributed by atoms with Crippen LogP contribution in [0.2, 0.25) is 10.0 Å². The zero-order chi connectivity index (χ0) is 15.9. The Bertz CT molecular complexity index is 840. The van der Waals surface area contributed by atoms with Gasteiger partial charge in [0.15, 0.2) is 0 Å². The number of rotatable bonds is 2. The van der Waals surface area contributed by atoms with Crippen molar-refractivity contribution in [1.82, 2.24) is 0 Å². The van der Waals surface area contributed by atoms with Crippen molar-refractivity contribution in [3.63, 3.8) is 0 Å². The van der Waals surface area contributed by atoms with Gasteiger partial charge in [0, 0.05) is 29.5 Å². The third-order valence-corrected chi connectivity index (χ3v) is 4.12. The molecule has 23 heavy (non-hydrogen) atoms. The van der Waals surface area contributed by atoms with Crippen molar-refractivity contribution in [2.45, 2.75) is 0 Å². The van der Waals surface area contributed by atoms with Crippen molar-refractivity contribution in [3.8, 4) is 11.1 Å². The lowest BCUT2D eigenvalue weighted by Crippen LogP contribution is -2.11. The number of anilines is 2. The average molecular weight is 368 g/mol. The summed E-state index contributed by atoms with van der Waals surface area (Å²) < 4.78 is 0. The molecule has 0 aliphatic heterocycles. The molecule has 0 heterocycles. The lowest BCUT2D eigenvalue weighted by molar-refractivity contribution is 1.14. The molecule has 0 saturated carbocycles. The monoisotopic (exact) mass is 366 g/mol. The van der Waals surface area contributed by atoms with Gasteiger partial charge in [-0.15, -0.1) is 12.4 Å². The summed E-state index contributed by atoms with van der Waals surface area (Å²) in [5.41, 5.74) is 10.0. The van der Waals surface area contributed by atoms with E-state index in [2.05, 4.69) is 12.1 Å². The molecular weight excluding hydrogens is 351 g/mol. The minimum absolute atomic E-state index is 0. The standard InChI is InChI=1S/C18H16Cl2N2.ClH/c1-22(2)18-16-5-3-4-14(15(16)6-7-17(18)21)11-8-12(19)10-13(20)9-11;/h3-10H,21H2,1-2H3;1H. The Hall–Kier alpha value is -1.61. The molecule has 120 valence electrons. The highest BCUT2D eigenvalue weighted by atomic mass is 35.5.